The van der Waals surface area contributed by atoms with Crippen LogP contribution in [0.4, 0.5) is 4.39 Å². The van der Waals surface area contributed by atoms with Crippen LogP contribution in [-0.2, 0) is 22.0 Å². The number of rotatable bonds is 2. The average Bonchev–Trinajstić information content (AvgIpc) is 2.85. The minimum absolute atomic E-state index is 0.119. The van der Waals surface area contributed by atoms with E-state index in [0.717, 1.165) is 28.3 Å². The first-order chi connectivity index (χ1) is 10.7. The zero-order chi connectivity index (χ0) is 17.0. The minimum Gasteiger partial charge on any atom is -0.369 e. The van der Waals surface area contributed by atoms with E-state index in [1.807, 2.05) is 6.08 Å². The summed E-state index contributed by atoms with van der Waals surface area (Å²) in [5.41, 5.74) is 7.90. The molecule has 0 radical (unpaired) electrons. The van der Waals surface area contributed by atoms with Gasteiger partial charge in [0.2, 0.25) is 16.0 Å². The molecule has 124 valence electrons. The maximum absolute atomic E-state index is 14.6. The average molecular weight is 337 g/mol. The van der Waals surface area contributed by atoms with Crippen LogP contribution >= 0.6 is 0 Å². The van der Waals surface area contributed by atoms with E-state index in [4.69, 9.17) is 5.73 Å². The van der Waals surface area contributed by atoms with Crippen LogP contribution in [0.15, 0.2) is 22.7 Å². The fourth-order valence-corrected chi connectivity index (χ4v) is 4.61. The van der Waals surface area contributed by atoms with Crippen LogP contribution in [0.25, 0.3) is 6.08 Å². The van der Waals surface area contributed by atoms with Crippen molar-refractivity contribution in [1.29, 1.82) is 0 Å². The normalized spacial score (nSPS) is 25.8. The monoisotopic (exact) mass is 337 g/mol. The Labute approximate surface area is 135 Å². The summed E-state index contributed by atoms with van der Waals surface area (Å²) in [5.74, 6) is -0.872. The molecule has 1 heterocycles. The van der Waals surface area contributed by atoms with Gasteiger partial charge in [0.05, 0.1) is 5.75 Å². The van der Waals surface area contributed by atoms with Crippen molar-refractivity contribution in [3.8, 4) is 0 Å². The lowest BCUT2D eigenvalue weighted by atomic mass is 9.91. The molecule has 23 heavy (non-hydrogen) atoms. The molecule has 1 atom stereocenters. The quantitative estimate of drug-likeness (QED) is 0.896. The standard InChI is InChI=1S/C16H20FN3O2S/c1-4-10-5-11-7-13(14(17)8-12(11)6-10)16(2)9-23(21,22)20(3)15(18)19-16/h6-8H,4-5,9H2,1-3H3,(H2,18,19)/t16-/m0/s1. The number of benzene rings is 1. The minimum atomic E-state index is -3.61. The van der Waals surface area contributed by atoms with Crippen molar-refractivity contribution in [3.05, 3.63) is 40.2 Å². The molecule has 2 N–H and O–H groups in total. The second kappa shape index (κ2) is 5.06. The van der Waals surface area contributed by atoms with Gasteiger partial charge in [0, 0.05) is 12.6 Å². The third kappa shape index (κ3) is 2.52. The molecule has 3 rings (SSSR count). The van der Waals surface area contributed by atoms with Crippen LogP contribution in [0.1, 0.15) is 37.0 Å². The van der Waals surface area contributed by atoms with Crippen molar-refractivity contribution in [2.24, 2.45) is 10.7 Å². The molecule has 0 saturated heterocycles. The Morgan fingerprint density at radius 2 is 2.13 bits per heavy atom. The van der Waals surface area contributed by atoms with E-state index in [9.17, 15) is 12.8 Å². The molecule has 7 heteroatoms. The van der Waals surface area contributed by atoms with Gasteiger partial charge in [-0.05, 0) is 43.0 Å². The summed E-state index contributed by atoms with van der Waals surface area (Å²) in [6.45, 7) is 3.67. The molecule has 1 aliphatic carbocycles. The molecule has 1 aromatic rings. The summed E-state index contributed by atoms with van der Waals surface area (Å²) < 4.78 is 40.1. The van der Waals surface area contributed by atoms with E-state index in [1.54, 1.807) is 13.0 Å². The molecule has 0 saturated carbocycles. The lowest BCUT2D eigenvalue weighted by Crippen LogP contribution is -2.50. The zero-order valence-corrected chi connectivity index (χ0v) is 14.2. The molecular formula is C16H20FN3O2S. The van der Waals surface area contributed by atoms with Gasteiger partial charge < -0.3 is 5.73 Å². The molecule has 1 aliphatic heterocycles. The van der Waals surface area contributed by atoms with Crippen LogP contribution < -0.4 is 5.73 Å². The SMILES string of the molecule is CCC1=Cc2cc(F)c([C@]3(C)CS(=O)(=O)N(C)C(N)=N3)cc2C1. The van der Waals surface area contributed by atoms with Crippen LogP contribution in [0.5, 0.6) is 0 Å². The topological polar surface area (TPSA) is 75.8 Å². The van der Waals surface area contributed by atoms with Gasteiger partial charge in [0.15, 0.2) is 0 Å². The summed E-state index contributed by atoms with van der Waals surface area (Å²) in [6.07, 6.45) is 3.67. The first-order valence-corrected chi connectivity index (χ1v) is 9.11. The fourth-order valence-electron chi connectivity index (χ4n) is 3.16. The number of nitrogens with two attached hydrogens (primary N) is 1. The van der Waals surface area contributed by atoms with Gasteiger partial charge in [-0.1, -0.05) is 18.6 Å². The van der Waals surface area contributed by atoms with Gasteiger partial charge in [0.1, 0.15) is 11.4 Å². The summed E-state index contributed by atoms with van der Waals surface area (Å²) in [4.78, 5) is 4.27. The number of halogens is 1. The lowest BCUT2D eigenvalue weighted by Gasteiger charge is -2.34. The van der Waals surface area contributed by atoms with E-state index in [2.05, 4.69) is 11.9 Å². The predicted octanol–water partition coefficient (Wildman–Crippen LogP) is 1.98. The van der Waals surface area contributed by atoms with Gasteiger partial charge in [-0.15, -0.1) is 0 Å². The van der Waals surface area contributed by atoms with Crippen molar-refractivity contribution in [3.63, 3.8) is 0 Å². The van der Waals surface area contributed by atoms with Crippen molar-refractivity contribution < 1.29 is 12.8 Å². The Balaban J connectivity index is 2.11. The summed E-state index contributed by atoms with van der Waals surface area (Å²) in [6, 6.07) is 3.21. The van der Waals surface area contributed by atoms with Crippen LogP contribution in [0, 0.1) is 5.82 Å². The van der Waals surface area contributed by atoms with E-state index in [-0.39, 0.29) is 17.3 Å². The number of hydrogen-bond acceptors (Lipinski definition) is 4. The number of guanidine groups is 1. The molecule has 2 aliphatic rings. The highest BCUT2D eigenvalue weighted by Crippen LogP contribution is 2.37. The molecule has 0 spiro atoms. The Morgan fingerprint density at radius 3 is 2.74 bits per heavy atom. The summed E-state index contributed by atoms with van der Waals surface area (Å²) >= 11 is 0. The Morgan fingerprint density at radius 1 is 1.43 bits per heavy atom. The van der Waals surface area contributed by atoms with Crippen molar-refractivity contribution in [1.82, 2.24) is 4.31 Å². The van der Waals surface area contributed by atoms with E-state index in [0.29, 0.717) is 0 Å². The summed E-state index contributed by atoms with van der Waals surface area (Å²) in [5, 5.41) is 0. The van der Waals surface area contributed by atoms with Crippen LogP contribution in [-0.4, -0.2) is 31.5 Å². The first-order valence-electron chi connectivity index (χ1n) is 7.50. The Kier molecular flexibility index (Phi) is 3.51. The first kappa shape index (κ1) is 16.0. The van der Waals surface area contributed by atoms with E-state index < -0.39 is 21.4 Å². The molecule has 0 bridgehead atoms. The molecular weight excluding hydrogens is 317 g/mol. The highest BCUT2D eigenvalue weighted by Gasteiger charge is 2.42. The lowest BCUT2D eigenvalue weighted by molar-refractivity contribution is 0.457. The largest absolute Gasteiger partial charge is 0.369 e. The second-order valence-electron chi connectivity index (χ2n) is 6.33. The summed E-state index contributed by atoms with van der Waals surface area (Å²) in [7, 11) is -2.26. The van der Waals surface area contributed by atoms with E-state index >= 15 is 0 Å². The zero-order valence-electron chi connectivity index (χ0n) is 13.4. The number of allylic oxidation sites excluding steroid dienone is 1. The fraction of sp³-hybridized carbons (Fsp3) is 0.438. The molecule has 0 amide bonds. The van der Waals surface area contributed by atoms with Gasteiger partial charge in [-0.2, -0.15) is 0 Å². The maximum Gasteiger partial charge on any atom is 0.239 e. The smallest absolute Gasteiger partial charge is 0.239 e. The third-order valence-corrected chi connectivity index (χ3v) is 6.55. The Bertz CT molecular complexity index is 845. The van der Waals surface area contributed by atoms with Crippen LogP contribution in [0.3, 0.4) is 0 Å². The van der Waals surface area contributed by atoms with Gasteiger partial charge >= 0.3 is 0 Å². The highest BCUT2D eigenvalue weighted by molar-refractivity contribution is 7.89. The Hall–Kier alpha value is -1.89. The predicted molar refractivity (Wildman–Crippen MR) is 88.9 cm³/mol. The van der Waals surface area contributed by atoms with Gasteiger partial charge in [-0.25, -0.2) is 22.1 Å². The molecule has 0 aromatic heterocycles. The number of sulfonamides is 1. The number of aliphatic imine (C=N–C) groups is 1. The molecule has 0 unspecified atom stereocenters. The number of nitrogens with zero attached hydrogens (tertiary/aromatic N) is 2. The second-order valence-corrected chi connectivity index (χ2v) is 8.33. The van der Waals surface area contributed by atoms with Gasteiger partial charge in [0.25, 0.3) is 0 Å². The molecule has 0 fully saturated rings. The van der Waals surface area contributed by atoms with Crippen molar-refractivity contribution >= 4 is 22.1 Å². The maximum atomic E-state index is 14.6. The highest BCUT2D eigenvalue weighted by atomic mass is 32.2. The van der Waals surface area contributed by atoms with Crippen molar-refractivity contribution in [2.45, 2.75) is 32.2 Å². The molecule has 5 nitrogen and oxygen atoms in total. The van der Waals surface area contributed by atoms with Gasteiger partial charge in [-0.3, -0.25) is 0 Å². The third-order valence-electron chi connectivity index (χ3n) is 4.61. The number of fused-ring (bicyclic) bond motifs is 1. The van der Waals surface area contributed by atoms with Crippen molar-refractivity contribution in [2.75, 3.05) is 12.8 Å². The molecule has 1 aromatic carbocycles. The van der Waals surface area contributed by atoms with E-state index in [1.165, 1.54) is 18.7 Å². The van der Waals surface area contributed by atoms with Crippen LogP contribution in [0.2, 0.25) is 0 Å². The number of hydrogen-bond donors (Lipinski definition) is 1.